The summed E-state index contributed by atoms with van der Waals surface area (Å²) < 4.78 is 0. The third kappa shape index (κ3) is 5.64. The summed E-state index contributed by atoms with van der Waals surface area (Å²) in [4.78, 5) is 34.4. The van der Waals surface area contributed by atoms with Gasteiger partial charge in [0.25, 0.3) is 5.91 Å². The fraction of sp³-hybridized carbons (Fsp3) is 0.400. The van der Waals surface area contributed by atoms with E-state index in [2.05, 4.69) is 6.92 Å². The average Bonchev–Trinajstić information content (AvgIpc) is 2.43. The second-order valence-electron chi connectivity index (χ2n) is 4.75. The number of carbonyl (C=O) groups is 3. The number of nitrogens with zero attached hydrogens (tertiary/aromatic N) is 1. The van der Waals surface area contributed by atoms with Crippen LogP contribution < -0.4 is 0 Å². The zero-order chi connectivity index (χ0) is 15.8. The Kier molecular flexibility index (Phi) is 6.39. The Balaban J connectivity index is 2.82. The molecule has 6 nitrogen and oxygen atoms in total. The number of amides is 1. The van der Waals surface area contributed by atoms with Gasteiger partial charge < -0.3 is 15.1 Å². The number of aliphatic carboxylic acids is 2. The first-order chi connectivity index (χ1) is 9.93. The normalized spacial score (nSPS) is 10.1. The Morgan fingerprint density at radius 2 is 1.52 bits per heavy atom. The monoisotopic (exact) mass is 293 g/mol. The van der Waals surface area contributed by atoms with Gasteiger partial charge in [0.2, 0.25) is 0 Å². The van der Waals surface area contributed by atoms with Gasteiger partial charge in [0.05, 0.1) is 0 Å². The van der Waals surface area contributed by atoms with Gasteiger partial charge in [-0.05, 0) is 30.5 Å². The smallest absolute Gasteiger partial charge is 0.323 e. The SMILES string of the molecule is CCCCc1ccc(C(=O)N(CC(=O)O)CC(=O)O)cc1. The van der Waals surface area contributed by atoms with Crippen molar-refractivity contribution in [2.24, 2.45) is 0 Å². The van der Waals surface area contributed by atoms with Gasteiger partial charge in [-0.3, -0.25) is 14.4 Å². The molecule has 0 unspecified atom stereocenters. The van der Waals surface area contributed by atoms with Crippen molar-refractivity contribution in [1.29, 1.82) is 0 Å². The molecule has 0 aliphatic carbocycles. The summed E-state index contributed by atoms with van der Waals surface area (Å²) in [5.41, 5.74) is 1.38. The Labute approximate surface area is 123 Å². The standard InChI is InChI=1S/C15H19NO5/c1-2-3-4-11-5-7-12(8-6-11)15(21)16(9-13(17)18)10-14(19)20/h5-8H,2-4,9-10H2,1H3,(H,17,18)(H,19,20). The summed E-state index contributed by atoms with van der Waals surface area (Å²) in [7, 11) is 0. The lowest BCUT2D eigenvalue weighted by molar-refractivity contribution is -0.140. The summed E-state index contributed by atoms with van der Waals surface area (Å²) in [6, 6.07) is 6.82. The Morgan fingerprint density at radius 3 is 1.95 bits per heavy atom. The highest BCUT2D eigenvalue weighted by atomic mass is 16.4. The van der Waals surface area contributed by atoms with Gasteiger partial charge in [-0.2, -0.15) is 0 Å². The third-order valence-electron chi connectivity index (χ3n) is 2.96. The molecule has 0 atom stereocenters. The summed E-state index contributed by atoms with van der Waals surface area (Å²) >= 11 is 0. The van der Waals surface area contributed by atoms with Crippen LogP contribution in [0.15, 0.2) is 24.3 Å². The van der Waals surface area contributed by atoms with Crippen LogP contribution in [0, 0.1) is 0 Å². The highest BCUT2D eigenvalue weighted by Gasteiger charge is 2.20. The molecular formula is C15H19NO5. The van der Waals surface area contributed by atoms with Crippen LogP contribution in [0.1, 0.15) is 35.7 Å². The van der Waals surface area contributed by atoms with Crippen LogP contribution in [0.5, 0.6) is 0 Å². The first kappa shape index (κ1) is 16.7. The van der Waals surface area contributed by atoms with E-state index in [1.165, 1.54) is 0 Å². The van der Waals surface area contributed by atoms with Crippen LogP contribution in [0.25, 0.3) is 0 Å². The highest BCUT2D eigenvalue weighted by molar-refractivity contribution is 5.97. The Morgan fingerprint density at radius 1 is 1.00 bits per heavy atom. The quantitative estimate of drug-likeness (QED) is 0.759. The van der Waals surface area contributed by atoms with Gasteiger partial charge in [-0.25, -0.2) is 0 Å². The topological polar surface area (TPSA) is 94.9 Å². The maximum atomic E-state index is 12.1. The maximum Gasteiger partial charge on any atom is 0.323 e. The minimum absolute atomic E-state index is 0.290. The van der Waals surface area contributed by atoms with Crippen LogP contribution in [-0.4, -0.2) is 46.0 Å². The summed E-state index contributed by atoms with van der Waals surface area (Å²) in [5, 5.41) is 17.5. The Bertz CT molecular complexity index is 493. The van der Waals surface area contributed by atoms with E-state index in [1.54, 1.807) is 12.1 Å². The summed E-state index contributed by atoms with van der Waals surface area (Å²) in [6.45, 7) is 0.818. The van der Waals surface area contributed by atoms with Crippen molar-refractivity contribution in [2.45, 2.75) is 26.2 Å². The number of carboxylic acids is 2. The molecule has 0 heterocycles. The maximum absolute atomic E-state index is 12.1. The van der Waals surface area contributed by atoms with Crippen molar-refractivity contribution in [1.82, 2.24) is 4.90 Å². The molecule has 0 bridgehead atoms. The van der Waals surface area contributed by atoms with Crippen molar-refractivity contribution in [3.63, 3.8) is 0 Å². The predicted octanol–water partition coefficient (Wildman–Crippen LogP) is 1.64. The van der Waals surface area contributed by atoms with Crippen LogP contribution in [0.2, 0.25) is 0 Å². The summed E-state index contributed by atoms with van der Waals surface area (Å²) in [6.07, 6.45) is 3.04. The number of aryl methyl sites for hydroxylation is 1. The lowest BCUT2D eigenvalue weighted by atomic mass is 10.1. The van der Waals surface area contributed by atoms with E-state index >= 15 is 0 Å². The first-order valence-corrected chi connectivity index (χ1v) is 6.75. The minimum Gasteiger partial charge on any atom is -0.480 e. The lowest BCUT2D eigenvalue weighted by Crippen LogP contribution is -2.39. The molecule has 6 heteroatoms. The van der Waals surface area contributed by atoms with Gasteiger partial charge in [-0.1, -0.05) is 25.5 Å². The van der Waals surface area contributed by atoms with Crippen LogP contribution in [0.4, 0.5) is 0 Å². The van der Waals surface area contributed by atoms with Crippen molar-refractivity contribution < 1.29 is 24.6 Å². The van der Waals surface area contributed by atoms with Crippen molar-refractivity contribution in [3.8, 4) is 0 Å². The van der Waals surface area contributed by atoms with E-state index in [9.17, 15) is 14.4 Å². The molecule has 0 aromatic heterocycles. The number of rotatable bonds is 8. The van der Waals surface area contributed by atoms with Crippen molar-refractivity contribution in [2.75, 3.05) is 13.1 Å². The number of carbonyl (C=O) groups excluding carboxylic acids is 1. The van der Waals surface area contributed by atoms with Crippen molar-refractivity contribution >= 4 is 17.8 Å². The molecule has 0 aliphatic rings. The van der Waals surface area contributed by atoms with E-state index in [0.717, 1.165) is 29.7 Å². The molecule has 0 spiro atoms. The molecule has 0 saturated carbocycles. The molecule has 1 amide bonds. The van der Waals surface area contributed by atoms with Crippen LogP contribution in [0.3, 0.4) is 0 Å². The lowest BCUT2D eigenvalue weighted by Gasteiger charge is -2.18. The highest BCUT2D eigenvalue weighted by Crippen LogP contribution is 2.10. The average molecular weight is 293 g/mol. The fourth-order valence-corrected chi connectivity index (χ4v) is 1.90. The third-order valence-corrected chi connectivity index (χ3v) is 2.96. The zero-order valence-corrected chi connectivity index (χ0v) is 11.9. The first-order valence-electron chi connectivity index (χ1n) is 6.75. The van der Waals surface area contributed by atoms with Gasteiger partial charge in [0.1, 0.15) is 13.1 Å². The number of hydrogen-bond acceptors (Lipinski definition) is 3. The molecule has 114 valence electrons. The van der Waals surface area contributed by atoms with E-state index in [-0.39, 0.29) is 5.56 Å². The number of unbranched alkanes of at least 4 members (excludes halogenated alkanes) is 1. The predicted molar refractivity (Wildman–Crippen MR) is 76.2 cm³/mol. The number of hydrogen-bond donors (Lipinski definition) is 2. The second-order valence-corrected chi connectivity index (χ2v) is 4.75. The van der Waals surface area contributed by atoms with Crippen LogP contribution >= 0.6 is 0 Å². The second kappa shape index (κ2) is 8.04. The van der Waals surface area contributed by atoms with E-state index in [4.69, 9.17) is 10.2 Å². The molecule has 0 aliphatic heterocycles. The number of carboxylic acid groups (broad SMARTS) is 2. The van der Waals surface area contributed by atoms with Gasteiger partial charge in [-0.15, -0.1) is 0 Å². The Hall–Kier alpha value is -2.37. The van der Waals surface area contributed by atoms with Gasteiger partial charge in [0, 0.05) is 5.56 Å². The van der Waals surface area contributed by atoms with E-state index in [0.29, 0.717) is 0 Å². The largest absolute Gasteiger partial charge is 0.480 e. The van der Waals surface area contributed by atoms with E-state index < -0.39 is 30.9 Å². The zero-order valence-electron chi connectivity index (χ0n) is 11.9. The van der Waals surface area contributed by atoms with Crippen LogP contribution in [-0.2, 0) is 16.0 Å². The molecule has 0 saturated heterocycles. The molecule has 1 aromatic rings. The molecule has 0 radical (unpaired) electrons. The summed E-state index contributed by atoms with van der Waals surface area (Å²) in [5.74, 6) is -3.09. The molecule has 0 fully saturated rings. The molecule has 2 N–H and O–H groups in total. The molecule has 1 rings (SSSR count). The minimum atomic E-state index is -1.25. The van der Waals surface area contributed by atoms with Gasteiger partial charge >= 0.3 is 11.9 Å². The van der Waals surface area contributed by atoms with Gasteiger partial charge in [0.15, 0.2) is 0 Å². The molecule has 21 heavy (non-hydrogen) atoms. The fourth-order valence-electron chi connectivity index (χ4n) is 1.90. The van der Waals surface area contributed by atoms with Crippen molar-refractivity contribution in [3.05, 3.63) is 35.4 Å². The van der Waals surface area contributed by atoms with E-state index in [1.807, 2.05) is 12.1 Å². The number of benzene rings is 1. The molecule has 1 aromatic carbocycles. The molecular weight excluding hydrogens is 274 g/mol.